The summed E-state index contributed by atoms with van der Waals surface area (Å²) in [5, 5.41) is 0. The number of anilines is 1. The van der Waals surface area contributed by atoms with Gasteiger partial charge in [0.1, 0.15) is 11.5 Å². The smallest absolute Gasteiger partial charge is 0.264 e. The number of fused-ring (bicyclic) bond motifs is 1. The minimum absolute atomic E-state index is 0.113. The fourth-order valence-corrected chi connectivity index (χ4v) is 9.39. The average Bonchev–Trinajstić information content (AvgIpc) is 3.02. The summed E-state index contributed by atoms with van der Waals surface area (Å²) in [6.07, 6.45) is 12.0. The first-order valence-corrected chi connectivity index (χ1v) is 17.3. The zero-order valence-electron chi connectivity index (χ0n) is 26.0. The molecule has 44 heavy (non-hydrogen) atoms. The standard InChI is InChI=1S/C35H43N3O5S/c1-25-21-31(42-3)22-26(2)34(25)44(40,41)38-18-4-5-28-7-6-27(23-32(28)38)24-33(39)37-19-14-35(15-20-37)12-8-29(9-13-35)43-30-10-16-36-17-11-30/h6-7,10-11,16-17,21-23,29H,4-5,8-9,12-15,18-20,24H2,1-3H3. The molecule has 9 heteroatoms. The summed E-state index contributed by atoms with van der Waals surface area (Å²) in [5.41, 5.74) is 4.18. The van der Waals surface area contributed by atoms with E-state index in [0.717, 1.165) is 81.3 Å². The number of ether oxygens (including phenoxy) is 2. The number of aryl methyl sites for hydroxylation is 3. The zero-order chi connectivity index (χ0) is 30.9. The van der Waals surface area contributed by atoms with Gasteiger partial charge in [-0.05, 0) is 123 Å². The summed E-state index contributed by atoms with van der Waals surface area (Å²) in [4.78, 5) is 19.9. The van der Waals surface area contributed by atoms with Crippen LogP contribution in [0.25, 0.3) is 0 Å². The van der Waals surface area contributed by atoms with E-state index >= 15 is 0 Å². The molecular formula is C35H43N3O5S. The van der Waals surface area contributed by atoms with Crippen LogP contribution in [0.15, 0.2) is 59.8 Å². The van der Waals surface area contributed by atoms with Crippen LogP contribution in [0.4, 0.5) is 5.69 Å². The third kappa shape index (κ3) is 6.16. The quantitative estimate of drug-likeness (QED) is 0.322. The van der Waals surface area contributed by atoms with Crippen molar-refractivity contribution < 1.29 is 22.7 Å². The summed E-state index contributed by atoms with van der Waals surface area (Å²) in [6, 6.07) is 13.3. The van der Waals surface area contributed by atoms with Gasteiger partial charge in [0.2, 0.25) is 5.91 Å². The van der Waals surface area contributed by atoms with Crippen molar-refractivity contribution >= 4 is 21.6 Å². The molecular weight excluding hydrogens is 574 g/mol. The number of amides is 1. The second kappa shape index (κ2) is 12.4. The number of hydrogen-bond donors (Lipinski definition) is 0. The fourth-order valence-electron chi connectivity index (χ4n) is 7.44. The van der Waals surface area contributed by atoms with Crippen LogP contribution in [0.2, 0.25) is 0 Å². The lowest BCUT2D eigenvalue weighted by Gasteiger charge is -2.46. The first kappa shape index (κ1) is 30.4. The highest BCUT2D eigenvalue weighted by Crippen LogP contribution is 2.45. The normalized spacial score (nSPS) is 18.6. The molecule has 2 aromatic carbocycles. The number of methoxy groups -OCH3 is 1. The largest absolute Gasteiger partial charge is 0.497 e. The Kier molecular flexibility index (Phi) is 8.59. The number of benzene rings is 2. The SMILES string of the molecule is COc1cc(C)c(S(=O)(=O)N2CCCc3ccc(CC(=O)N4CCC5(CCC(Oc6ccncc6)CC5)CC4)cc32)c(C)c1. The van der Waals surface area contributed by atoms with E-state index < -0.39 is 10.0 Å². The maximum Gasteiger partial charge on any atom is 0.264 e. The predicted molar refractivity (Wildman–Crippen MR) is 171 cm³/mol. The van der Waals surface area contributed by atoms with Crippen LogP contribution in [0.3, 0.4) is 0 Å². The molecule has 0 bridgehead atoms. The van der Waals surface area contributed by atoms with Gasteiger partial charge in [0.25, 0.3) is 10.0 Å². The number of hydrogen-bond acceptors (Lipinski definition) is 6. The van der Waals surface area contributed by atoms with Crippen LogP contribution in [-0.4, -0.2) is 57.1 Å². The number of pyridine rings is 1. The van der Waals surface area contributed by atoms with E-state index in [1.165, 1.54) is 0 Å². The monoisotopic (exact) mass is 617 g/mol. The molecule has 6 rings (SSSR count). The molecule has 0 radical (unpaired) electrons. The van der Waals surface area contributed by atoms with Gasteiger partial charge in [0.15, 0.2) is 0 Å². The van der Waals surface area contributed by atoms with E-state index in [4.69, 9.17) is 9.47 Å². The Morgan fingerprint density at radius 1 is 0.932 bits per heavy atom. The van der Waals surface area contributed by atoms with Crippen molar-refractivity contribution in [2.24, 2.45) is 5.41 Å². The first-order valence-electron chi connectivity index (χ1n) is 15.8. The van der Waals surface area contributed by atoms with Crippen LogP contribution >= 0.6 is 0 Å². The van der Waals surface area contributed by atoms with E-state index in [1.54, 1.807) is 35.9 Å². The van der Waals surface area contributed by atoms with Gasteiger partial charge >= 0.3 is 0 Å². The van der Waals surface area contributed by atoms with Crippen molar-refractivity contribution in [2.45, 2.75) is 82.6 Å². The lowest BCUT2D eigenvalue weighted by molar-refractivity contribution is -0.133. The van der Waals surface area contributed by atoms with Gasteiger partial charge in [-0.3, -0.25) is 14.1 Å². The molecule has 0 N–H and O–H groups in total. The van der Waals surface area contributed by atoms with E-state index in [-0.39, 0.29) is 18.4 Å². The second-order valence-electron chi connectivity index (χ2n) is 12.8. The molecule has 2 fully saturated rings. The first-order chi connectivity index (χ1) is 21.2. The Morgan fingerprint density at radius 3 is 2.27 bits per heavy atom. The second-order valence-corrected chi connectivity index (χ2v) is 14.6. The molecule has 2 aliphatic heterocycles. The molecule has 0 unspecified atom stereocenters. The topological polar surface area (TPSA) is 89.0 Å². The zero-order valence-corrected chi connectivity index (χ0v) is 26.9. The van der Waals surface area contributed by atoms with Gasteiger partial charge in [-0.25, -0.2) is 8.42 Å². The highest BCUT2D eigenvalue weighted by Gasteiger charge is 2.39. The number of piperidine rings is 1. The molecule has 8 nitrogen and oxygen atoms in total. The van der Waals surface area contributed by atoms with E-state index in [0.29, 0.717) is 39.4 Å². The van der Waals surface area contributed by atoms with Crippen molar-refractivity contribution in [2.75, 3.05) is 31.0 Å². The number of nitrogens with zero attached hydrogens (tertiary/aromatic N) is 3. The van der Waals surface area contributed by atoms with Crippen LogP contribution in [0.1, 0.15) is 67.2 Å². The van der Waals surface area contributed by atoms with Crippen molar-refractivity contribution in [1.82, 2.24) is 9.88 Å². The summed E-state index contributed by atoms with van der Waals surface area (Å²) in [5.74, 6) is 1.64. The van der Waals surface area contributed by atoms with Gasteiger partial charge in [-0.2, -0.15) is 0 Å². The molecule has 1 aromatic heterocycles. The van der Waals surface area contributed by atoms with Crippen LogP contribution in [-0.2, 0) is 27.7 Å². The summed E-state index contributed by atoms with van der Waals surface area (Å²) in [6.45, 7) is 5.59. The Bertz CT molecular complexity index is 1580. The predicted octanol–water partition coefficient (Wildman–Crippen LogP) is 6.02. The van der Waals surface area contributed by atoms with Gasteiger partial charge in [-0.1, -0.05) is 12.1 Å². The van der Waals surface area contributed by atoms with Gasteiger partial charge in [0.05, 0.1) is 30.2 Å². The Morgan fingerprint density at radius 2 is 1.61 bits per heavy atom. The molecule has 3 heterocycles. The molecule has 1 saturated carbocycles. The van der Waals surface area contributed by atoms with Gasteiger partial charge < -0.3 is 14.4 Å². The molecule has 1 saturated heterocycles. The lowest BCUT2D eigenvalue weighted by Crippen LogP contribution is -2.45. The van der Waals surface area contributed by atoms with Gasteiger partial charge in [-0.15, -0.1) is 0 Å². The Hall–Kier alpha value is -3.59. The van der Waals surface area contributed by atoms with Crippen LogP contribution in [0, 0.1) is 19.3 Å². The molecule has 234 valence electrons. The number of sulfonamides is 1. The van der Waals surface area contributed by atoms with Crippen LogP contribution < -0.4 is 13.8 Å². The average molecular weight is 618 g/mol. The van der Waals surface area contributed by atoms with E-state index in [2.05, 4.69) is 4.98 Å². The Balaban J connectivity index is 1.10. The van der Waals surface area contributed by atoms with Crippen molar-refractivity contribution in [3.63, 3.8) is 0 Å². The highest BCUT2D eigenvalue weighted by atomic mass is 32.2. The number of carbonyl (C=O) groups is 1. The number of likely N-dealkylation sites (tertiary alicyclic amines) is 1. The summed E-state index contributed by atoms with van der Waals surface area (Å²) < 4.78 is 41.1. The maximum absolute atomic E-state index is 14.0. The molecule has 0 atom stereocenters. The van der Waals surface area contributed by atoms with Crippen molar-refractivity contribution in [3.05, 3.63) is 77.1 Å². The molecule has 3 aliphatic rings. The molecule has 1 aliphatic carbocycles. The summed E-state index contributed by atoms with van der Waals surface area (Å²) in [7, 11) is -2.21. The lowest BCUT2D eigenvalue weighted by atomic mass is 9.67. The number of rotatable bonds is 7. The molecule has 1 amide bonds. The third-order valence-electron chi connectivity index (χ3n) is 9.92. The van der Waals surface area contributed by atoms with E-state index in [9.17, 15) is 13.2 Å². The number of carbonyl (C=O) groups excluding carboxylic acids is 1. The molecule has 1 spiro atoms. The Labute approximate surface area is 261 Å². The van der Waals surface area contributed by atoms with E-state index in [1.807, 2.05) is 49.1 Å². The van der Waals surface area contributed by atoms with Crippen molar-refractivity contribution in [1.29, 1.82) is 0 Å². The fraction of sp³-hybridized carbons (Fsp3) is 0.486. The van der Waals surface area contributed by atoms with Crippen LogP contribution in [0.5, 0.6) is 11.5 Å². The highest BCUT2D eigenvalue weighted by molar-refractivity contribution is 7.93. The number of aromatic nitrogens is 1. The summed E-state index contributed by atoms with van der Waals surface area (Å²) >= 11 is 0. The molecule has 3 aromatic rings. The maximum atomic E-state index is 14.0. The minimum atomic E-state index is -3.79. The minimum Gasteiger partial charge on any atom is -0.497 e. The van der Waals surface area contributed by atoms with Crippen molar-refractivity contribution in [3.8, 4) is 11.5 Å². The van der Waals surface area contributed by atoms with Gasteiger partial charge in [0, 0.05) is 32.0 Å². The third-order valence-corrected chi connectivity index (χ3v) is 12.0.